The molecule has 0 N–H and O–H groups in total. The van der Waals surface area contributed by atoms with Gasteiger partial charge in [0, 0.05) is 18.0 Å². The number of ether oxygens (including phenoxy) is 1. The molecule has 8 heteroatoms. The molecule has 2 aromatic heterocycles. The molecule has 1 amide bonds. The minimum absolute atomic E-state index is 0.0114. The molecule has 140 valence electrons. The molecule has 1 aliphatic rings. The molecule has 3 aromatic rings. The number of thioether (sulfide) groups is 1. The number of Topliss-reactive ketones (excluding diaryl/α,β-unsaturated/α-hetero) is 1. The smallest absolute Gasteiger partial charge is 0.257 e. The molecular weight excluding hydrogens is 384 g/mol. The van der Waals surface area contributed by atoms with Gasteiger partial charge in [0.15, 0.2) is 11.4 Å². The number of rotatable bonds is 6. The van der Waals surface area contributed by atoms with E-state index in [1.165, 1.54) is 23.1 Å². The number of hydrogen-bond donors (Lipinski definition) is 0. The fourth-order valence-electron chi connectivity index (χ4n) is 2.81. The number of para-hydroxylation sites is 2. The lowest BCUT2D eigenvalue weighted by Crippen LogP contribution is -2.41. The number of fused-ring (bicyclic) bond motifs is 1. The third-order valence-electron chi connectivity index (χ3n) is 4.23. The Bertz CT molecular complexity index is 926. The first-order valence-corrected chi connectivity index (χ1v) is 10.4. The molecule has 1 fully saturated rings. The van der Waals surface area contributed by atoms with E-state index < -0.39 is 0 Å². The Morgan fingerprint density at radius 3 is 2.78 bits per heavy atom. The zero-order valence-electron chi connectivity index (χ0n) is 14.6. The molecule has 3 heterocycles. The second kappa shape index (κ2) is 8.24. The van der Waals surface area contributed by atoms with Gasteiger partial charge in [-0.25, -0.2) is 4.98 Å². The molecule has 4 rings (SSSR count). The summed E-state index contributed by atoms with van der Waals surface area (Å²) in [7, 11) is 0. The number of benzene rings is 1. The molecule has 0 spiro atoms. The lowest BCUT2D eigenvalue weighted by atomic mass is 10.3. The van der Waals surface area contributed by atoms with Crippen molar-refractivity contribution in [2.45, 2.75) is 11.6 Å². The number of morpholine rings is 1. The zero-order chi connectivity index (χ0) is 18.6. The van der Waals surface area contributed by atoms with Crippen LogP contribution in [0.5, 0.6) is 0 Å². The highest BCUT2D eigenvalue weighted by atomic mass is 32.2. The molecule has 0 radical (unpaired) electrons. The van der Waals surface area contributed by atoms with Gasteiger partial charge in [0.2, 0.25) is 5.91 Å². The Kier molecular flexibility index (Phi) is 5.56. The summed E-state index contributed by atoms with van der Waals surface area (Å²) in [5, 5.41) is 0.490. The van der Waals surface area contributed by atoms with Crippen molar-refractivity contribution >= 4 is 45.9 Å². The van der Waals surface area contributed by atoms with E-state index >= 15 is 0 Å². The van der Waals surface area contributed by atoms with Crippen LogP contribution in [-0.2, 0) is 16.0 Å². The largest absolute Gasteiger partial charge is 0.431 e. The van der Waals surface area contributed by atoms with Crippen LogP contribution in [0.1, 0.15) is 14.5 Å². The first kappa shape index (κ1) is 18.2. The molecule has 1 aliphatic heterocycles. The number of hydrogen-bond acceptors (Lipinski definition) is 7. The van der Waals surface area contributed by atoms with Crippen LogP contribution in [-0.4, -0.2) is 53.6 Å². The van der Waals surface area contributed by atoms with E-state index in [1.807, 2.05) is 35.2 Å². The number of thiophene rings is 1. The van der Waals surface area contributed by atoms with Crippen molar-refractivity contribution in [3.63, 3.8) is 0 Å². The van der Waals surface area contributed by atoms with Crippen molar-refractivity contribution in [1.82, 2.24) is 9.88 Å². The first-order chi connectivity index (χ1) is 13.2. The Labute approximate surface area is 164 Å². The molecule has 0 aliphatic carbocycles. The quantitative estimate of drug-likeness (QED) is 0.465. The summed E-state index contributed by atoms with van der Waals surface area (Å²) in [6.45, 7) is 2.45. The monoisotopic (exact) mass is 402 g/mol. The maximum atomic E-state index is 12.4. The van der Waals surface area contributed by atoms with E-state index in [1.54, 1.807) is 6.07 Å². The van der Waals surface area contributed by atoms with Gasteiger partial charge < -0.3 is 14.1 Å². The van der Waals surface area contributed by atoms with Crippen LogP contribution in [0.25, 0.3) is 11.1 Å². The number of ketones is 1. The standard InChI is InChI=1S/C19H18N2O4S2/c22-15(12-26-19-20-14-3-1-2-4-16(14)25-19)17-6-5-13(27-17)11-18(23)21-7-9-24-10-8-21/h1-6H,7-12H2. The summed E-state index contributed by atoms with van der Waals surface area (Å²) in [4.78, 5) is 32.5. The molecule has 1 saturated heterocycles. The number of oxazole rings is 1. The zero-order valence-corrected chi connectivity index (χ0v) is 16.2. The van der Waals surface area contributed by atoms with Gasteiger partial charge in [-0.15, -0.1) is 11.3 Å². The van der Waals surface area contributed by atoms with Crippen molar-refractivity contribution in [2.75, 3.05) is 32.1 Å². The molecule has 0 atom stereocenters. The lowest BCUT2D eigenvalue weighted by molar-refractivity contribution is -0.134. The van der Waals surface area contributed by atoms with E-state index in [9.17, 15) is 9.59 Å². The summed E-state index contributed by atoms with van der Waals surface area (Å²) in [6, 6.07) is 11.2. The average molecular weight is 402 g/mol. The average Bonchev–Trinajstić information content (AvgIpc) is 3.33. The van der Waals surface area contributed by atoms with Crippen LogP contribution < -0.4 is 0 Å². The minimum Gasteiger partial charge on any atom is -0.431 e. The summed E-state index contributed by atoms with van der Waals surface area (Å²) in [5.41, 5.74) is 1.50. The van der Waals surface area contributed by atoms with Crippen molar-refractivity contribution < 1.29 is 18.7 Å². The molecule has 1 aromatic carbocycles. The number of carbonyl (C=O) groups is 2. The highest BCUT2D eigenvalue weighted by molar-refractivity contribution is 7.99. The summed E-state index contributed by atoms with van der Waals surface area (Å²) >= 11 is 2.67. The van der Waals surface area contributed by atoms with Gasteiger partial charge in [-0.2, -0.15) is 0 Å². The Balaban J connectivity index is 1.33. The second-order valence-electron chi connectivity index (χ2n) is 6.10. The normalized spacial score (nSPS) is 14.6. The number of aromatic nitrogens is 1. The van der Waals surface area contributed by atoms with Gasteiger partial charge in [0.25, 0.3) is 5.22 Å². The topological polar surface area (TPSA) is 72.6 Å². The fraction of sp³-hybridized carbons (Fsp3) is 0.316. The third kappa shape index (κ3) is 4.40. The van der Waals surface area contributed by atoms with Gasteiger partial charge in [0.1, 0.15) is 5.52 Å². The molecule has 0 bridgehead atoms. The first-order valence-electron chi connectivity index (χ1n) is 8.65. The van der Waals surface area contributed by atoms with Gasteiger partial charge in [-0.05, 0) is 24.3 Å². The third-order valence-corrected chi connectivity index (χ3v) is 6.18. The van der Waals surface area contributed by atoms with E-state index in [2.05, 4.69) is 4.98 Å². The Morgan fingerprint density at radius 2 is 1.96 bits per heavy atom. The maximum Gasteiger partial charge on any atom is 0.257 e. The van der Waals surface area contributed by atoms with Crippen LogP contribution in [0.4, 0.5) is 0 Å². The highest BCUT2D eigenvalue weighted by Gasteiger charge is 2.19. The van der Waals surface area contributed by atoms with E-state index in [0.717, 1.165) is 10.4 Å². The molecule has 0 saturated carbocycles. The van der Waals surface area contributed by atoms with Gasteiger partial charge in [-0.3, -0.25) is 9.59 Å². The number of amides is 1. The van der Waals surface area contributed by atoms with Crippen molar-refractivity contribution in [1.29, 1.82) is 0 Å². The van der Waals surface area contributed by atoms with E-state index in [-0.39, 0.29) is 17.4 Å². The predicted octanol–water partition coefficient (Wildman–Crippen LogP) is 3.27. The molecule has 27 heavy (non-hydrogen) atoms. The van der Waals surface area contributed by atoms with Crippen molar-refractivity contribution in [2.24, 2.45) is 0 Å². The van der Waals surface area contributed by atoms with Crippen LogP contribution >= 0.6 is 23.1 Å². The van der Waals surface area contributed by atoms with Crippen molar-refractivity contribution in [3.05, 3.63) is 46.2 Å². The lowest BCUT2D eigenvalue weighted by Gasteiger charge is -2.26. The van der Waals surface area contributed by atoms with E-state index in [0.29, 0.717) is 48.4 Å². The van der Waals surface area contributed by atoms with Gasteiger partial charge in [-0.1, -0.05) is 23.9 Å². The van der Waals surface area contributed by atoms with Crippen LogP contribution in [0.15, 0.2) is 46.0 Å². The maximum absolute atomic E-state index is 12.4. The Morgan fingerprint density at radius 1 is 1.15 bits per heavy atom. The van der Waals surface area contributed by atoms with Gasteiger partial charge in [0.05, 0.1) is 30.3 Å². The summed E-state index contributed by atoms with van der Waals surface area (Å²) in [5.74, 6) is 0.349. The SMILES string of the molecule is O=C(CSc1nc2ccccc2o1)c1ccc(CC(=O)N2CCOCC2)s1. The number of nitrogens with zero attached hydrogens (tertiary/aromatic N) is 2. The Hall–Kier alpha value is -2.16. The molecule has 6 nitrogen and oxygen atoms in total. The van der Waals surface area contributed by atoms with E-state index in [4.69, 9.17) is 9.15 Å². The number of carbonyl (C=O) groups excluding carboxylic acids is 2. The highest BCUT2D eigenvalue weighted by Crippen LogP contribution is 2.25. The van der Waals surface area contributed by atoms with Crippen LogP contribution in [0.3, 0.4) is 0 Å². The minimum atomic E-state index is 0.0114. The fourth-order valence-corrected chi connectivity index (χ4v) is 4.56. The van der Waals surface area contributed by atoms with Gasteiger partial charge >= 0.3 is 0 Å². The second-order valence-corrected chi connectivity index (χ2v) is 8.19. The molecule has 0 unspecified atom stereocenters. The van der Waals surface area contributed by atoms with Crippen molar-refractivity contribution in [3.8, 4) is 0 Å². The summed E-state index contributed by atoms with van der Waals surface area (Å²) in [6.07, 6.45) is 0.330. The van der Waals surface area contributed by atoms with Crippen LogP contribution in [0.2, 0.25) is 0 Å². The summed E-state index contributed by atoms with van der Waals surface area (Å²) < 4.78 is 10.9. The predicted molar refractivity (Wildman–Crippen MR) is 104 cm³/mol. The van der Waals surface area contributed by atoms with Crippen LogP contribution in [0, 0.1) is 0 Å². The molecular formula is C19H18N2O4S2.